The zero-order chi connectivity index (χ0) is 16.8. The molecule has 1 amide bonds. The topological polar surface area (TPSA) is 78.8 Å². The van der Waals surface area contributed by atoms with E-state index in [9.17, 15) is 13.2 Å². The van der Waals surface area contributed by atoms with Crippen LogP contribution in [0.1, 0.15) is 27.7 Å². The van der Waals surface area contributed by atoms with Crippen molar-refractivity contribution >= 4 is 27.5 Å². The lowest BCUT2D eigenvalue weighted by atomic mass is 10.0. The third-order valence-electron chi connectivity index (χ3n) is 3.84. The van der Waals surface area contributed by atoms with Crippen LogP contribution < -0.4 is 10.2 Å². The number of amides is 1. The van der Waals surface area contributed by atoms with Crippen molar-refractivity contribution in [3.63, 3.8) is 0 Å². The van der Waals surface area contributed by atoms with E-state index in [1.165, 1.54) is 13.8 Å². The summed E-state index contributed by atoms with van der Waals surface area (Å²) in [5.74, 6) is -0.282. The van der Waals surface area contributed by atoms with Gasteiger partial charge in [-0.1, -0.05) is 18.2 Å². The molecule has 1 aliphatic rings. The summed E-state index contributed by atoms with van der Waals surface area (Å²) in [7, 11) is -2.25. The van der Waals surface area contributed by atoms with Gasteiger partial charge in [0, 0.05) is 12.7 Å². The number of carbonyl (C=O) groups is 1. The average molecular weight is 323 g/mol. The van der Waals surface area contributed by atoms with E-state index >= 15 is 0 Å². The van der Waals surface area contributed by atoms with Gasteiger partial charge in [-0.2, -0.15) is 0 Å². The Bertz CT molecular complexity index is 722. The highest BCUT2D eigenvalue weighted by Gasteiger charge is 2.49. The maximum Gasteiger partial charge on any atom is 0.269 e. The average Bonchev–Trinajstić information content (AvgIpc) is 2.47. The van der Waals surface area contributed by atoms with E-state index in [2.05, 4.69) is 9.71 Å². The zero-order valence-corrected chi connectivity index (χ0v) is 14.2. The highest BCUT2D eigenvalue weighted by Crippen LogP contribution is 2.27. The third kappa shape index (κ3) is 2.61. The normalized spacial score (nSPS) is 22.2. The van der Waals surface area contributed by atoms with Crippen molar-refractivity contribution in [2.75, 3.05) is 11.9 Å². The molecule has 1 N–H and O–H groups in total. The monoisotopic (exact) mass is 323 g/mol. The van der Waals surface area contributed by atoms with Crippen molar-refractivity contribution in [1.82, 2.24) is 5.32 Å². The van der Waals surface area contributed by atoms with Gasteiger partial charge in [0.25, 0.3) is 10.0 Å². The van der Waals surface area contributed by atoms with Crippen LogP contribution in [-0.2, 0) is 14.8 Å². The van der Waals surface area contributed by atoms with Gasteiger partial charge in [-0.25, -0.2) is 8.42 Å². The molecule has 0 fully saturated rings. The molecule has 1 heterocycles. The Morgan fingerprint density at radius 3 is 2.18 bits per heavy atom. The minimum absolute atomic E-state index is 0.276. The number of hydrogen-bond donors (Lipinski definition) is 1. The molecule has 22 heavy (non-hydrogen) atoms. The van der Waals surface area contributed by atoms with E-state index in [-0.39, 0.29) is 5.84 Å². The first-order valence-electron chi connectivity index (χ1n) is 6.95. The predicted octanol–water partition coefficient (Wildman–Crippen LogP) is 1.54. The fourth-order valence-corrected chi connectivity index (χ4v) is 3.30. The van der Waals surface area contributed by atoms with E-state index in [0.717, 1.165) is 5.69 Å². The van der Waals surface area contributed by atoms with E-state index < -0.39 is 26.2 Å². The Morgan fingerprint density at radius 2 is 1.64 bits per heavy atom. The number of sulfonamides is 1. The van der Waals surface area contributed by atoms with Gasteiger partial charge in [0.15, 0.2) is 4.75 Å². The number of carbonyl (C=O) groups excluding carboxylic acids is 1. The maximum atomic E-state index is 12.5. The summed E-state index contributed by atoms with van der Waals surface area (Å²) in [5, 5.41) is 2.77. The van der Waals surface area contributed by atoms with Crippen molar-refractivity contribution in [2.24, 2.45) is 4.40 Å². The molecule has 0 bridgehead atoms. The van der Waals surface area contributed by atoms with Crippen LogP contribution in [0.2, 0.25) is 0 Å². The van der Waals surface area contributed by atoms with Crippen molar-refractivity contribution in [3.8, 4) is 0 Å². The van der Waals surface area contributed by atoms with Crippen LogP contribution in [0.5, 0.6) is 0 Å². The standard InChI is InChI=1S/C15H21N3O3S/c1-14(2)12(18(5)11-9-7-6-8-10-11)17-22(20,21)15(3,4)13(19)16-14/h6-10H,1-5H3,(H,16,19). The van der Waals surface area contributed by atoms with Crippen LogP contribution in [0.4, 0.5) is 5.69 Å². The number of amidine groups is 1. The molecule has 0 unspecified atom stereocenters. The van der Waals surface area contributed by atoms with Crippen LogP contribution in [0.15, 0.2) is 34.7 Å². The smallest absolute Gasteiger partial charge is 0.269 e. The zero-order valence-electron chi connectivity index (χ0n) is 13.4. The highest BCUT2D eigenvalue weighted by atomic mass is 32.2. The number of rotatable bonds is 1. The van der Waals surface area contributed by atoms with Gasteiger partial charge < -0.3 is 10.2 Å². The molecular formula is C15H21N3O3S. The Balaban J connectivity index is 2.62. The van der Waals surface area contributed by atoms with Crippen molar-refractivity contribution in [1.29, 1.82) is 0 Å². The molecule has 0 saturated carbocycles. The quantitative estimate of drug-likeness (QED) is 0.850. The summed E-state index contributed by atoms with van der Waals surface area (Å²) in [4.78, 5) is 14.0. The minimum atomic E-state index is -3.99. The molecule has 0 spiro atoms. The van der Waals surface area contributed by atoms with Gasteiger partial charge in [0.2, 0.25) is 5.91 Å². The fourth-order valence-electron chi connectivity index (χ4n) is 2.20. The Kier molecular flexibility index (Phi) is 3.81. The molecule has 2 rings (SSSR count). The number of hydrogen-bond acceptors (Lipinski definition) is 4. The second-order valence-electron chi connectivity index (χ2n) is 6.37. The van der Waals surface area contributed by atoms with Gasteiger partial charge in [-0.05, 0) is 39.8 Å². The van der Waals surface area contributed by atoms with Gasteiger partial charge >= 0.3 is 0 Å². The molecule has 6 nitrogen and oxygen atoms in total. The van der Waals surface area contributed by atoms with Crippen molar-refractivity contribution in [2.45, 2.75) is 38.0 Å². The Morgan fingerprint density at radius 1 is 1.09 bits per heavy atom. The van der Waals surface area contributed by atoms with Crippen molar-refractivity contribution in [3.05, 3.63) is 30.3 Å². The summed E-state index contributed by atoms with van der Waals surface area (Å²) in [6.45, 7) is 6.20. The van der Waals surface area contributed by atoms with Crippen LogP contribution in [-0.4, -0.2) is 37.5 Å². The number of anilines is 1. The van der Waals surface area contributed by atoms with Gasteiger partial charge in [-0.15, -0.1) is 4.40 Å². The lowest BCUT2D eigenvalue weighted by Gasteiger charge is -2.32. The molecule has 1 aromatic rings. The molecule has 120 valence electrons. The van der Waals surface area contributed by atoms with Crippen LogP contribution in [0.25, 0.3) is 0 Å². The Hall–Kier alpha value is -1.89. The van der Waals surface area contributed by atoms with E-state index in [0.29, 0.717) is 0 Å². The highest BCUT2D eigenvalue weighted by molar-refractivity contribution is 7.92. The lowest BCUT2D eigenvalue weighted by Crippen LogP contribution is -2.57. The van der Waals surface area contributed by atoms with E-state index in [1.807, 2.05) is 30.3 Å². The SMILES string of the molecule is CN(C1=NS(=O)(=O)C(C)(C)C(=O)NC1(C)C)c1ccccc1. The second kappa shape index (κ2) is 5.08. The predicted molar refractivity (Wildman–Crippen MR) is 87.5 cm³/mol. The van der Waals surface area contributed by atoms with Crippen LogP contribution >= 0.6 is 0 Å². The van der Waals surface area contributed by atoms with Crippen LogP contribution in [0, 0.1) is 0 Å². The molecule has 1 aromatic carbocycles. The van der Waals surface area contributed by atoms with Gasteiger partial charge in [0.05, 0.1) is 5.54 Å². The third-order valence-corrected chi connectivity index (χ3v) is 5.73. The largest absolute Gasteiger partial charge is 0.343 e. The summed E-state index contributed by atoms with van der Waals surface area (Å²) in [5.41, 5.74) is -0.124. The number of para-hydroxylation sites is 1. The van der Waals surface area contributed by atoms with Gasteiger partial charge in [0.1, 0.15) is 5.84 Å². The van der Waals surface area contributed by atoms with Crippen molar-refractivity contribution < 1.29 is 13.2 Å². The summed E-state index contributed by atoms with van der Waals surface area (Å²) >= 11 is 0. The van der Waals surface area contributed by atoms with Crippen LogP contribution in [0.3, 0.4) is 0 Å². The maximum absolute atomic E-state index is 12.5. The second-order valence-corrected chi connectivity index (χ2v) is 8.53. The molecule has 0 atom stereocenters. The first-order valence-corrected chi connectivity index (χ1v) is 8.39. The first-order chi connectivity index (χ1) is 9.99. The van der Waals surface area contributed by atoms with Gasteiger partial charge in [-0.3, -0.25) is 4.79 Å². The number of nitrogens with one attached hydrogen (secondary N) is 1. The molecular weight excluding hydrogens is 302 g/mol. The molecule has 1 aliphatic heterocycles. The lowest BCUT2D eigenvalue weighted by molar-refractivity contribution is -0.123. The summed E-state index contributed by atoms with van der Waals surface area (Å²) < 4.78 is 27.3. The fraction of sp³-hybridized carbons (Fsp3) is 0.467. The Labute approximate surface area is 131 Å². The minimum Gasteiger partial charge on any atom is -0.343 e. The number of nitrogens with zero attached hydrogens (tertiary/aromatic N) is 2. The summed E-state index contributed by atoms with van der Waals surface area (Å²) in [6, 6.07) is 9.28. The molecule has 0 aliphatic carbocycles. The first kappa shape index (κ1) is 16.5. The number of likely N-dealkylation sites (N-methyl/N-ethyl adjacent to an activating group) is 1. The molecule has 7 heteroatoms. The van der Waals surface area contributed by atoms with E-state index in [4.69, 9.17) is 0 Å². The molecule has 0 radical (unpaired) electrons. The summed E-state index contributed by atoms with van der Waals surface area (Å²) in [6.07, 6.45) is 0. The molecule has 0 aromatic heterocycles. The molecule has 0 saturated heterocycles. The van der Waals surface area contributed by atoms with E-state index in [1.54, 1.807) is 25.8 Å². The number of benzene rings is 1.